The molecular weight excluding hydrogens is 286 g/mol. The van der Waals surface area contributed by atoms with Gasteiger partial charge in [0.05, 0.1) is 16.3 Å². The number of nitrogen functional groups attached to an aromatic ring is 1. The minimum Gasteiger partial charge on any atom is -0.397 e. The van der Waals surface area contributed by atoms with Crippen LogP contribution in [0.1, 0.15) is 45.4 Å². The van der Waals surface area contributed by atoms with Crippen molar-refractivity contribution < 1.29 is 8.42 Å². The Kier molecular flexibility index (Phi) is 7.53. The minimum atomic E-state index is -3.43. The van der Waals surface area contributed by atoms with Gasteiger partial charge in [0.25, 0.3) is 0 Å². The number of nitrogens with one attached hydrogen (secondary N) is 2. The summed E-state index contributed by atoms with van der Waals surface area (Å²) in [6.45, 7) is 3.01. The van der Waals surface area contributed by atoms with Crippen LogP contribution in [0.25, 0.3) is 0 Å². The number of hydrogen-bond donors (Lipinski definition) is 3. The SMILES string of the molecule is CCCCCCCCNc1cc(S(=O)(=O)NC)ccc1N. The fourth-order valence-corrected chi connectivity index (χ4v) is 2.86. The summed E-state index contributed by atoms with van der Waals surface area (Å²) < 4.78 is 25.8. The van der Waals surface area contributed by atoms with Crippen LogP contribution >= 0.6 is 0 Å². The second-order valence-electron chi connectivity index (χ2n) is 5.15. The average molecular weight is 313 g/mol. The van der Waals surface area contributed by atoms with Gasteiger partial charge in [0.2, 0.25) is 10.0 Å². The fourth-order valence-electron chi connectivity index (χ4n) is 2.10. The molecule has 0 saturated carbocycles. The molecule has 0 atom stereocenters. The van der Waals surface area contributed by atoms with Gasteiger partial charge >= 0.3 is 0 Å². The minimum absolute atomic E-state index is 0.227. The molecule has 0 spiro atoms. The summed E-state index contributed by atoms with van der Waals surface area (Å²) in [5.41, 5.74) is 7.12. The van der Waals surface area contributed by atoms with Gasteiger partial charge in [-0.15, -0.1) is 0 Å². The molecule has 1 rings (SSSR count). The van der Waals surface area contributed by atoms with Crippen molar-refractivity contribution in [1.82, 2.24) is 4.72 Å². The lowest BCUT2D eigenvalue weighted by Gasteiger charge is -2.11. The quantitative estimate of drug-likeness (QED) is 0.458. The first-order valence-corrected chi connectivity index (χ1v) is 9.06. The Balaban J connectivity index is 2.50. The van der Waals surface area contributed by atoms with Gasteiger partial charge in [-0.1, -0.05) is 39.0 Å². The van der Waals surface area contributed by atoms with Crippen LogP contribution in [0.15, 0.2) is 23.1 Å². The average Bonchev–Trinajstić information content (AvgIpc) is 2.47. The van der Waals surface area contributed by atoms with Crippen LogP contribution < -0.4 is 15.8 Å². The summed E-state index contributed by atoms with van der Waals surface area (Å²) in [5, 5.41) is 3.22. The zero-order valence-electron chi connectivity index (χ0n) is 13.0. The maximum absolute atomic E-state index is 11.8. The van der Waals surface area contributed by atoms with E-state index in [0.717, 1.165) is 13.0 Å². The van der Waals surface area contributed by atoms with E-state index >= 15 is 0 Å². The molecule has 0 aliphatic rings. The topological polar surface area (TPSA) is 84.2 Å². The molecule has 6 heteroatoms. The Bertz CT molecular complexity index is 530. The van der Waals surface area contributed by atoms with E-state index in [1.165, 1.54) is 45.2 Å². The molecule has 0 radical (unpaired) electrons. The van der Waals surface area contributed by atoms with E-state index in [-0.39, 0.29) is 4.90 Å². The molecule has 0 heterocycles. The van der Waals surface area contributed by atoms with Crippen molar-refractivity contribution in [3.63, 3.8) is 0 Å². The first kappa shape index (κ1) is 17.8. The molecular formula is C15H27N3O2S. The predicted molar refractivity (Wildman–Crippen MR) is 89.0 cm³/mol. The third kappa shape index (κ3) is 5.93. The lowest BCUT2D eigenvalue weighted by molar-refractivity contribution is 0.588. The molecule has 0 fully saturated rings. The van der Waals surface area contributed by atoms with Crippen molar-refractivity contribution in [2.24, 2.45) is 0 Å². The zero-order valence-corrected chi connectivity index (χ0v) is 13.8. The maximum Gasteiger partial charge on any atom is 0.240 e. The second kappa shape index (κ2) is 8.89. The van der Waals surface area contributed by atoms with Crippen LogP contribution in [0.3, 0.4) is 0 Å². The van der Waals surface area contributed by atoms with Gasteiger partial charge < -0.3 is 11.1 Å². The van der Waals surface area contributed by atoms with Crippen molar-refractivity contribution >= 4 is 21.4 Å². The monoisotopic (exact) mass is 313 g/mol. The molecule has 1 aromatic carbocycles. The van der Waals surface area contributed by atoms with Gasteiger partial charge in [-0.2, -0.15) is 0 Å². The Morgan fingerprint density at radius 2 is 1.76 bits per heavy atom. The standard InChI is InChI=1S/C15H27N3O2S/c1-3-4-5-6-7-8-11-18-15-12-13(9-10-14(15)16)21(19,20)17-2/h9-10,12,17-18H,3-8,11,16H2,1-2H3. The molecule has 1 aromatic rings. The van der Waals surface area contributed by atoms with Crippen LogP contribution in [0, 0.1) is 0 Å². The molecule has 21 heavy (non-hydrogen) atoms. The zero-order chi connectivity index (χ0) is 15.7. The van der Waals surface area contributed by atoms with Crippen molar-refractivity contribution in [1.29, 1.82) is 0 Å². The Labute approximate surface area is 128 Å². The summed E-state index contributed by atoms with van der Waals surface area (Å²) in [5.74, 6) is 0. The van der Waals surface area contributed by atoms with Gasteiger partial charge in [0.15, 0.2) is 0 Å². The van der Waals surface area contributed by atoms with E-state index < -0.39 is 10.0 Å². The number of nitrogens with two attached hydrogens (primary N) is 1. The number of benzene rings is 1. The van der Waals surface area contributed by atoms with Gasteiger partial charge in [0.1, 0.15) is 0 Å². The molecule has 0 saturated heterocycles. The number of unbranched alkanes of at least 4 members (excludes halogenated alkanes) is 5. The lowest BCUT2D eigenvalue weighted by Crippen LogP contribution is -2.19. The fraction of sp³-hybridized carbons (Fsp3) is 0.600. The maximum atomic E-state index is 11.8. The molecule has 5 nitrogen and oxygen atoms in total. The molecule has 4 N–H and O–H groups in total. The second-order valence-corrected chi connectivity index (χ2v) is 7.04. The van der Waals surface area contributed by atoms with E-state index in [4.69, 9.17) is 5.73 Å². The van der Waals surface area contributed by atoms with Crippen LogP contribution in [0.5, 0.6) is 0 Å². The van der Waals surface area contributed by atoms with Crippen molar-refractivity contribution in [2.75, 3.05) is 24.6 Å². The van der Waals surface area contributed by atoms with E-state index in [1.807, 2.05) is 0 Å². The molecule has 0 aliphatic carbocycles. The Morgan fingerprint density at radius 1 is 1.10 bits per heavy atom. The number of hydrogen-bond acceptors (Lipinski definition) is 4. The number of sulfonamides is 1. The molecule has 120 valence electrons. The van der Waals surface area contributed by atoms with E-state index in [1.54, 1.807) is 12.1 Å². The summed E-state index contributed by atoms with van der Waals surface area (Å²) in [6, 6.07) is 4.71. The third-order valence-electron chi connectivity index (χ3n) is 3.45. The molecule has 0 amide bonds. The smallest absolute Gasteiger partial charge is 0.240 e. The van der Waals surface area contributed by atoms with E-state index in [2.05, 4.69) is 17.0 Å². The molecule has 0 aliphatic heterocycles. The highest BCUT2D eigenvalue weighted by atomic mass is 32.2. The molecule has 0 aromatic heterocycles. The van der Waals surface area contributed by atoms with E-state index in [0.29, 0.717) is 11.4 Å². The van der Waals surface area contributed by atoms with Gasteiger partial charge in [0, 0.05) is 6.54 Å². The molecule has 0 unspecified atom stereocenters. The number of rotatable bonds is 10. The summed E-state index contributed by atoms with van der Waals surface area (Å²) in [7, 11) is -2.03. The highest BCUT2D eigenvalue weighted by Gasteiger charge is 2.12. The summed E-state index contributed by atoms with van der Waals surface area (Å²) in [4.78, 5) is 0.227. The largest absolute Gasteiger partial charge is 0.397 e. The van der Waals surface area contributed by atoms with E-state index in [9.17, 15) is 8.42 Å². The van der Waals surface area contributed by atoms with Gasteiger partial charge in [-0.05, 0) is 31.7 Å². The van der Waals surface area contributed by atoms with Crippen LogP contribution in [0.4, 0.5) is 11.4 Å². The van der Waals surface area contributed by atoms with Gasteiger partial charge in [-0.3, -0.25) is 0 Å². The van der Waals surface area contributed by atoms with Crippen molar-refractivity contribution in [3.8, 4) is 0 Å². The first-order chi connectivity index (χ1) is 10.0. The first-order valence-electron chi connectivity index (χ1n) is 7.58. The summed E-state index contributed by atoms with van der Waals surface area (Å²) >= 11 is 0. The van der Waals surface area contributed by atoms with Crippen molar-refractivity contribution in [3.05, 3.63) is 18.2 Å². The highest BCUT2D eigenvalue weighted by molar-refractivity contribution is 7.89. The summed E-state index contributed by atoms with van der Waals surface area (Å²) in [6.07, 6.45) is 7.33. The predicted octanol–water partition coefficient (Wildman–Crippen LogP) is 2.95. The third-order valence-corrected chi connectivity index (χ3v) is 4.86. The Morgan fingerprint density at radius 3 is 2.43 bits per heavy atom. The van der Waals surface area contributed by atoms with Crippen LogP contribution in [-0.4, -0.2) is 22.0 Å². The van der Waals surface area contributed by atoms with Crippen molar-refractivity contribution in [2.45, 2.75) is 50.3 Å². The van der Waals surface area contributed by atoms with Crippen LogP contribution in [-0.2, 0) is 10.0 Å². The Hall–Kier alpha value is -1.27. The highest BCUT2D eigenvalue weighted by Crippen LogP contribution is 2.22. The number of anilines is 2. The van der Waals surface area contributed by atoms with Gasteiger partial charge in [-0.25, -0.2) is 13.1 Å². The molecule has 0 bridgehead atoms. The normalized spacial score (nSPS) is 11.5. The van der Waals surface area contributed by atoms with Crippen LogP contribution in [0.2, 0.25) is 0 Å². The lowest BCUT2D eigenvalue weighted by atomic mass is 10.1.